The maximum Gasteiger partial charge on any atom is 0.317 e. The van der Waals surface area contributed by atoms with Crippen LogP contribution in [0, 0.1) is 6.92 Å². The summed E-state index contributed by atoms with van der Waals surface area (Å²) in [6.07, 6.45) is 1.09. The third-order valence-electron chi connectivity index (χ3n) is 3.64. The zero-order valence-corrected chi connectivity index (χ0v) is 12.6. The maximum absolute atomic E-state index is 12.1. The molecule has 1 aromatic carbocycles. The monoisotopic (exact) mass is 276 g/mol. The molecule has 0 spiro atoms. The summed E-state index contributed by atoms with van der Waals surface area (Å²) < 4.78 is 5.63. The molecule has 0 aromatic heterocycles. The van der Waals surface area contributed by atoms with Gasteiger partial charge >= 0.3 is 6.03 Å². The maximum atomic E-state index is 12.1. The van der Waals surface area contributed by atoms with Gasteiger partial charge in [0.2, 0.25) is 0 Å². The Hall–Kier alpha value is -1.55. The minimum Gasteiger partial charge on any atom is -0.372 e. The summed E-state index contributed by atoms with van der Waals surface area (Å²) in [6, 6.07) is 8.30. The van der Waals surface area contributed by atoms with E-state index in [2.05, 4.69) is 24.4 Å². The van der Waals surface area contributed by atoms with E-state index < -0.39 is 0 Å². The second-order valence-electron chi connectivity index (χ2n) is 5.57. The molecule has 0 radical (unpaired) electrons. The number of hydrogen-bond acceptors (Lipinski definition) is 2. The van der Waals surface area contributed by atoms with E-state index in [9.17, 15) is 4.79 Å². The molecule has 0 bridgehead atoms. The number of hydrogen-bond donors (Lipinski definition) is 1. The van der Waals surface area contributed by atoms with Crippen LogP contribution < -0.4 is 5.32 Å². The molecule has 1 saturated heterocycles. The standard InChI is InChI=1S/C16H24N2O2/c1-12-6-4-5-7-15(12)8-9-17-16(19)18-10-13(2)20-14(3)11-18/h4-7,13-14H,8-11H2,1-3H3,(H,17,19). The first-order valence-electron chi connectivity index (χ1n) is 7.29. The normalized spacial score (nSPS) is 22.6. The van der Waals surface area contributed by atoms with Gasteiger partial charge in [-0.15, -0.1) is 0 Å². The van der Waals surface area contributed by atoms with E-state index in [1.807, 2.05) is 30.9 Å². The number of aryl methyl sites for hydroxylation is 1. The lowest BCUT2D eigenvalue weighted by atomic mass is 10.1. The number of benzene rings is 1. The SMILES string of the molecule is Cc1ccccc1CCNC(=O)N1CC(C)OC(C)C1. The first-order chi connectivity index (χ1) is 9.56. The molecule has 0 saturated carbocycles. The zero-order valence-electron chi connectivity index (χ0n) is 12.6. The van der Waals surface area contributed by atoms with Crippen molar-refractivity contribution in [3.63, 3.8) is 0 Å². The van der Waals surface area contributed by atoms with Crippen LogP contribution in [0.3, 0.4) is 0 Å². The lowest BCUT2D eigenvalue weighted by Crippen LogP contribution is -2.51. The summed E-state index contributed by atoms with van der Waals surface area (Å²) in [5.41, 5.74) is 2.56. The number of carbonyl (C=O) groups excluding carboxylic acids is 1. The first kappa shape index (κ1) is 14.9. The van der Waals surface area contributed by atoms with Crippen molar-refractivity contribution < 1.29 is 9.53 Å². The van der Waals surface area contributed by atoms with Crippen LogP contribution in [0.25, 0.3) is 0 Å². The van der Waals surface area contributed by atoms with Crippen LogP contribution in [-0.2, 0) is 11.2 Å². The number of ether oxygens (including phenoxy) is 1. The van der Waals surface area contributed by atoms with E-state index in [1.165, 1.54) is 11.1 Å². The highest BCUT2D eigenvalue weighted by atomic mass is 16.5. The molecular weight excluding hydrogens is 252 g/mol. The van der Waals surface area contributed by atoms with Crippen molar-refractivity contribution in [2.24, 2.45) is 0 Å². The fraction of sp³-hybridized carbons (Fsp3) is 0.562. The Kier molecular flexibility index (Phi) is 5.01. The van der Waals surface area contributed by atoms with E-state index in [0.29, 0.717) is 19.6 Å². The van der Waals surface area contributed by atoms with Crippen molar-refractivity contribution in [1.82, 2.24) is 10.2 Å². The van der Waals surface area contributed by atoms with Crippen LogP contribution >= 0.6 is 0 Å². The Bertz CT molecular complexity index is 452. The number of morpholine rings is 1. The van der Waals surface area contributed by atoms with E-state index in [4.69, 9.17) is 4.74 Å². The Balaban J connectivity index is 1.79. The smallest absolute Gasteiger partial charge is 0.317 e. The van der Waals surface area contributed by atoms with Crippen LogP contribution in [-0.4, -0.2) is 42.8 Å². The van der Waals surface area contributed by atoms with Crippen LogP contribution in [0.2, 0.25) is 0 Å². The first-order valence-corrected chi connectivity index (χ1v) is 7.29. The average molecular weight is 276 g/mol. The van der Waals surface area contributed by atoms with Crippen molar-refractivity contribution >= 4 is 6.03 Å². The number of nitrogens with zero attached hydrogens (tertiary/aromatic N) is 1. The van der Waals surface area contributed by atoms with Crippen LogP contribution in [0.15, 0.2) is 24.3 Å². The number of rotatable bonds is 3. The van der Waals surface area contributed by atoms with Gasteiger partial charge in [0.1, 0.15) is 0 Å². The van der Waals surface area contributed by atoms with E-state index >= 15 is 0 Å². The fourth-order valence-electron chi connectivity index (χ4n) is 2.65. The molecule has 4 nitrogen and oxygen atoms in total. The quantitative estimate of drug-likeness (QED) is 0.921. The predicted molar refractivity (Wildman–Crippen MR) is 79.9 cm³/mol. The van der Waals surface area contributed by atoms with Gasteiger partial charge in [0.25, 0.3) is 0 Å². The Morgan fingerprint density at radius 2 is 1.95 bits per heavy atom. The highest BCUT2D eigenvalue weighted by molar-refractivity contribution is 5.74. The van der Waals surface area contributed by atoms with Gasteiger partial charge in [-0.3, -0.25) is 0 Å². The van der Waals surface area contributed by atoms with Crippen molar-refractivity contribution in [3.05, 3.63) is 35.4 Å². The van der Waals surface area contributed by atoms with Crippen LogP contribution in [0.4, 0.5) is 4.79 Å². The second kappa shape index (κ2) is 6.75. The molecule has 0 aliphatic carbocycles. The molecular formula is C16H24N2O2. The molecule has 1 fully saturated rings. The zero-order chi connectivity index (χ0) is 14.5. The molecule has 2 amide bonds. The lowest BCUT2D eigenvalue weighted by Gasteiger charge is -2.35. The summed E-state index contributed by atoms with van der Waals surface area (Å²) in [4.78, 5) is 14.0. The number of urea groups is 1. The molecule has 4 heteroatoms. The largest absolute Gasteiger partial charge is 0.372 e. The van der Waals surface area contributed by atoms with Gasteiger partial charge in [0.05, 0.1) is 12.2 Å². The molecule has 110 valence electrons. The predicted octanol–water partition coefficient (Wildman–Crippen LogP) is 2.36. The summed E-state index contributed by atoms with van der Waals surface area (Å²) in [6.45, 7) is 8.11. The fourth-order valence-corrected chi connectivity index (χ4v) is 2.65. The molecule has 1 aromatic rings. The highest BCUT2D eigenvalue weighted by Crippen LogP contribution is 2.11. The second-order valence-corrected chi connectivity index (χ2v) is 5.57. The number of carbonyl (C=O) groups is 1. The summed E-state index contributed by atoms with van der Waals surface area (Å²) in [5.74, 6) is 0. The molecule has 20 heavy (non-hydrogen) atoms. The lowest BCUT2D eigenvalue weighted by molar-refractivity contribution is -0.0544. The molecule has 2 atom stereocenters. The van der Waals surface area contributed by atoms with Crippen molar-refractivity contribution in [3.8, 4) is 0 Å². The Labute approximate surface area is 121 Å². The van der Waals surface area contributed by atoms with Gasteiger partial charge in [-0.2, -0.15) is 0 Å². The van der Waals surface area contributed by atoms with Gasteiger partial charge in [-0.25, -0.2) is 4.79 Å². The van der Waals surface area contributed by atoms with Gasteiger partial charge in [0.15, 0.2) is 0 Å². The van der Waals surface area contributed by atoms with Gasteiger partial charge in [-0.1, -0.05) is 24.3 Å². The number of amides is 2. The van der Waals surface area contributed by atoms with E-state index in [-0.39, 0.29) is 18.2 Å². The minimum atomic E-state index is 0.0144. The van der Waals surface area contributed by atoms with E-state index in [0.717, 1.165) is 6.42 Å². The summed E-state index contributed by atoms with van der Waals surface area (Å²) in [5, 5.41) is 3.00. The average Bonchev–Trinajstić information content (AvgIpc) is 2.39. The summed E-state index contributed by atoms with van der Waals surface area (Å²) >= 11 is 0. The van der Waals surface area contributed by atoms with Crippen LogP contribution in [0.5, 0.6) is 0 Å². The van der Waals surface area contributed by atoms with Crippen LogP contribution in [0.1, 0.15) is 25.0 Å². The summed E-state index contributed by atoms with van der Waals surface area (Å²) in [7, 11) is 0. The third kappa shape index (κ3) is 3.97. The highest BCUT2D eigenvalue weighted by Gasteiger charge is 2.25. The van der Waals surface area contributed by atoms with Crippen molar-refractivity contribution in [1.29, 1.82) is 0 Å². The van der Waals surface area contributed by atoms with Gasteiger partial charge in [-0.05, 0) is 38.3 Å². The molecule has 2 rings (SSSR count). The van der Waals surface area contributed by atoms with Crippen molar-refractivity contribution in [2.75, 3.05) is 19.6 Å². The minimum absolute atomic E-state index is 0.0144. The van der Waals surface area contributed by atoms with Gasteiger partial charge < -0.3 is 15.0 Å². The Morgan fingerprint density at radius 3 is 2.60 bits per heavy atom. The molecule has 1 aliphatic heterocycles. The molecule has 1 heterocycles. The van der Waals surface area contributed by atoms with Crippen molar-refractivity contribution in [2.45, 2.75) is 39.4 Å². The molecule has 1 aliphatic rings. The van der Waals surface area contributed by atoms with Gasteiger partial charge in [0, 0.05) is 19.6 Å². The Morgan fingerprint density at radius 1 is 1.30 bits per heavy atom. The molecule has 1 N–H and O–H groups in total. The molecule has 2 unspecified atom stereocenters. The number of nitrogens with one attached hydrogen (secondary N) is 1. The topological polar surface area (TPSA) is 41.6 Å². The van der Waals surface area contributed by atoms with E-state index in [1.54, 1.807) is 0 Å². The third-order valence-corrected chi connectivity index (χ3v) is 3.64.